The maximum atomic E-state index is 12.1. The van der Waals surface area contributed by atoms with Crippen molar-refractivity contribution in [2.24, 2.45) is 5.41 Å². The van der Waals surface area contributed by atoms with E-state index in [1.165, 1.54) is 18.4 Å². The first-order chi connectivity index (χ1) is 10.9. The summed E-state index contributed by atoms with van der Waals surface area (Å²) < 4.78 is 5.47. The zero-order valence-electron chi connectivity index (χ0n) is 14.5. The largest absolute Gasteiger partial charge is 0.444 e. The number of likely N-dealkylation sites (tertiary alicyclic amines) is 2. The summed E-state index contributed by atoms with van der Waals surface area (Å²) in [7, 11) is 0. The lowest BCUT2D eigenvalue weighted by atomic mass is 9.73. The van der Waals surface area contributed by atoms with Crippen LogP contribution in [0.3, 0.4) is 0 Å². The van der Waals surface area contributed by atoms with Crippen molar-refractivity contribution in [1.82, 2.24) is 9.80 Å². The highest BCUT2D eigenvalue weighted by Gasteiger charge is 2.48. The van der Waals surface area contributed by atoms with E-state index in [-0.39, 0.29) is 11.5 Å². The lowest BCUT2D eigenvalue weighted by Gasteiger charge is -2.54. The van der Waals surface area contributed by atoms with Crippen LogP contribution < -0.4 is 0 Å². The van der Waals surface area contributed by atoms with Crippen molar-refractivity contribution >= 4 is 6.09 Å². The van der Waals surface area contributed by atoms with Crippen molar-refractivity contribution in [2.45, 2.75) is 45.8 Å². The Morgan fingerprint density at radius 3 is 2.52 bits per heavy atom. The molecule has 0 bridgehead atoms. The number of benzene rings is 1. The Bertz CT molecular complexity index is 544. The number of hydrogen-bond donors (Lipinski definition) is 0. The predicted molar refractivity (Wildman–Crippen MR) is 91.2 cm³/mol. The maximum absolute atomic E-state index is 12.1. The molecule has 2 aliphatic rings. The quantitative estimate of drug-likeness (QED) is 0.837. The number of hydrogen-bond acceptors (Lipinski definition) is 3. The van der Waals surface area contributed by atoms with Crippen LogP contribution in [-0.4, -0.2) is 47.7 Å². The molecule has 1 spiro atoms. The third-order valence-corrected chi connectivity index (χ3v) is 4.69. The van der Waals surface area contributed by atoms with Crippen molar-refractivity contribution in [1.29, 1.82) is 0 Å². The zero-order chi connectivity index (χ0) is 16.5. The molecular weight excluding hydrogens is 288 g/mol. The average Bonchev–Trinajstić information content (AvgIpc) is 2.44. The van der Waals surface area contributed by atoms with Gasteiger partial charge in [0, 0.05) is 31.6 Å². The van der Waals surface area contributed by atoms with Gasteiger partial charge in [-0.25, -0.2) is 4.79 Å². The monoisotopic (exact) mass is 316 g/mol. The molecule has 126 valence electrons. The Hall–Kier alpha value is -1.55. The third-order valence-electron chi connectivity index (χ3n) is 4.69. The molecule has 3 rings (SSSR count). The van der Waals surface area contributed by atoms with Crippen LogP contribution in [-0.2, 0) is 11.3 Å². The standard InChI is InChI=1S/C19H28N2O2/c1-18(2,3)23-17(22)21-14-19(15-21)10-7-11-20(13-19)12-16-8-5-4-6-9-16/h4-6,8-9H,7,10-15H2,1-3H3. The van der Waals surface area contributed by atoms with Gasteiger partial charge in [0.25, 0.3) is 0 Å². The van der Waals surface area contributed by atoms with Crippen LogP contribution in [0.2, 0.25) is 0 Å². The molecule has 0 unspecified atom stereocenters. The number of ether oxygens (including phenoxy) is 1. The first-order valence-electron chi connectivity index (χ1n) is 8.60. The minimum atomic E-state index is -0.411. The second-order valence-corrected chi connectivity index (χ2v) is 8.14. The lowest BCUT2D eigenvalue weighted by molar-refractivity contribution is -0.0657. The minimum Gasteiger partial charge on any atom is -0.444 e. The smallest absolute Gasteiger partial charge is 0.410 e. The van der Waals surface area contributed by atoms with Crippen LogP contribution in [0.1, 0.15) is 39.2 Å². The normalized spacial score (nSPS) is 21.1. The number of amides is 1. The predicted octanol–water partition coefficient (Wildman–Crippen LogP) is 3.52. The van der Waals surface area contributed by atoms with Gasteiger partial charge < -0.3 is 9.64 Å². The molecule has 4 heteroatoms. The summed E-state index contributed by atoms with van der Waals surface area (Å²) in [5.41, 5.74) is 1.24. The van der Waals surface area contributed by atoms with Gasteiger partial charge >= 0.3 is 6.09 Å². The molecule has 1 amide bonds. The zero-order valence-corrected chi connectivity index (χ0v) is 14.5. The molecule has 2 aliphatic heterocycles. The highest BCUT2D eigenvalue weighted by molar-refractivity contribution is 5.69. The van der Waals surface area contributed by atoms with Gasteiger partial charge in [-0.15, -0.1) is 0 Å². The molecule has 2 heterocycles. The molecule has 2 fully saturated rings. The molecule has 0 saturated carbocycles. The molecule has 2 saturated heterocycles. The van der Waals surface area contributed by atoms with E-state index in [4.69, 9.17) is 4.74 Å². The van der Waals surface area contributed by atoms with Crippen LogP contribution in [0, 0.1) is 5.41 Å². The summed E-state index contributed by atoms with van der Waals surface area (Å²) in [4.78, 5) is 16.5. The van der Waals surface area contributed by atoms with E-state index >= 15 is 0 Å². The summed E-state index contributed by atoms with van der Waals surface area (Å²) in [6.07, 6.45) is 2.27. The maximum Gasteiger partial charge on any atom is 0.410 e. The summed E-state index contributed by atoms with van der Waals surface area (Å²) in [5, 5.41) is 0. The number of rotatable bonds is 2. The molecule has 1 aromatic rings. The third kappa shape index (κ3) is 4.05. The first-order valence-corrected chi connectivity index (χ1v) is 8.60. The van der Waals surface area contributed by atoms with Crippen LogP contribution in [0.5, 0.6) is 0 Å². The lowest BCUT2D eigenvalue weighted by Crippen LogP contribution is -2.64. The fraction of sp³-hybridized carbons (Fsp3) is 0.632. The Balaban J connectivity index is 1.53. The van der Waals surface area contributed by atoms with E-state index in [0.29, 0.717) is 0 Å². The van der Waals surface area contributed by atoms with Crippen molar-refractivity contribution < 1.29 is 9.53 Å². The van der Waals surface area contributed by atoms with E-state index in [0.717, 1.165) is 32.7 Å². The van der Waals surface area contributed by atoms with Gasteiger partial charge in [0.1, 0.15) is 5.60 Å². The fourth-order valence-corrected chi connectivity index (χ4v) is 3.76. The molecule has 1 aromatic carbocycles. The molecule has 0 aromatic heterocycles. The van der Waals surface area contributed by atoms with Gasteiger partial charge in [0.2, 0.25) is 0 Å². The van der Waals surface area contributed by atoms with E-state index in [9.17, 15) is 4.79 Å². The van der Waals surface area contributed by atoms with Crippen LogP contribution >= 0.6 is 0 Å². The SMILES string of the molecule is CC(C)(C)OC(=O)N1CC2(CCCN(Cc3ccccc3)C2)C1. The number of carbonyl (C=O) groups excluding carboxylic acids is 1. The van der Waals surface area contributed by atoms with Gasteiger partial charge in [-0.2, -0.15) is 0 Å². The topological polar surface area (TPSA) is 32.8 Å². The van der Waals surface area contributed by atoms with E-state index in [1.807, 2.05) is 25.7 Å². The fourth-order valence-electron chi connectivity index (χ4n) is 3.76. The van der Waals surface area contributed by atoms with Crippen molar-refractivity contribution in [3.63, 3.8) is 0 Å². The van der Waals surface area contributed by atoms with Gasteiger partial charge in [-0.05, 0) is 45.7 Å². The van der Waals surface area contributed by atoms with Gasteiger partial charge in [-0.1, -0.05) is 30.3 Å². The van der Waals surface area contributed by atoms with Crippen LogP contribution in [0.4, 0.5) is 4.79 Å². The second-order valence-electron chi connectivity index (χ2n) is 8.14. The molecule has 0 N–H and O–H groups in total. The van der Waals surface area contributed by atoms with Crippen LogP contribution in [0.15, 0.2) is 30.3 Å². The molecular formula is C19H28N2O2. The first kappa shape index (κ1) is 16.3. The number of piperidine rings is 1. The number of carbonyl (C=O) groups is 1. The molecule has 0 radical (unpaired) electrons. The summed E-state index contributed by atoms with van der Waals surface area (Å²) in [5.74, 6) is 0. The number of nitrogens with zero attached hydrogens (tertiary/aromatic N) is 2. The summed E-state index contributed by atoms with van der Waals surface area (Å²) in [6.45, 7) is 10.7. The Morgan fingerprint density at radius 2 is 1.87 bits per heavy atom. The van der Waals surface area contributed by atoms with E-state index in [1.54, 1.807) is 0 Å². The summed E-state index contributed by atoms with van der Waals surface area (Å²) >= 11 is 0. The van der Waals surface area contributed by atoms with Crippen LogP contribution in [0.25, 0.3) is 0 Å². The Labute approximate surface area is 139 Å². The van der Waals surface area contributed by atoms with Crippen molar-refractivity contribution in [3.05, 3.63) is 35.9 Å². The molecule has 23 heavy (non-hydrogen) atoms. The average molecular weight is 316 g/mol. The van der Waals surface area contributed by atoms with E-state index in [2.05, 4.69) is 35.2 Å². The summed E-state index contributed by atoms with van der Waals surface area (Å²) in [6, 6.07) is 10.6. The highest BCUT2D eigenvalue weighted by atomic mass is 16.6. The van der Waals surface area contributed by atoms with Crippen molar-refractivity contribution in [3.8, 4) is 0 Å². The second kappa shape index (κ2) is 6.16. The van der Waals surface area contributed by atoms with Gasteiger partial charge in [0.05, 0.1) is 0 Å². The van der Waals surface area contributed by atoms with Crippen molar-refractivity contribution in [2.75, 3.05) is 26.2 Å². The molecule has 4 nitrogen and oxygen atoms in total. The Morgan fingerprint density at radius 1 is 1.17 bits per heavy atom. The minimum absolute atomic E-state index is 0.164. The van der Waals surface area contributed by atoms with Gasteiger partial charge in [-0.3, -0.25) is 4.90 Å². The van der Waals surface area contributed by atoms with E-state index < -0.39 is 5.60 Å². The molecule has 0 atom stereocenters. The Kier molecular flexibility index (Phi) is 4.37. The molecule has 0 aliphatic carbocycles. The highest BCUT2D eigenvalue weighted by Crippen LogP contribution is 2.39. The van der Waals surface area contributed by atoms with Gasteiger partial charge in [0.15, 0.2) is 0 Å².